The molecule has 0 saturated heterocycles. The number of halogens is 2. The molecular weight excluding hydrogens is 339 g/mol. The molecule has 1 amide bonds. The highest BCUT2D eigenvalue weighted by molar-refractivity contribution is 6.51. The molecule has 1 aliphatic rings. The smallest absolute Gasteiger partial charge is 0.270 e. The number of carbonyl (C=O) groups excluding carboxylic acids is 1. The number of benzene rings is 1. The molecule has 0 unspecified atom stereocenters. The van der Waals surface area contributed by atoms with Crippen LogP contribution in [-0.4, -0.2) is 31.0 Å². The molecule has 2 aromatic rings. The van der Waals surface area contributed by atoms with E-state index in [1.165, 1.54) is 6.33 Å². The van der Waals surface area contributed by atoms with Crippen molar-refractivity contribution in [2.24, 2.45) is 0 Å². The summed E-state index contributed by atoms with van der Waals surface area (Å²) in [6.07, 6.45) is 2.06. The maximum Gasteiger partial charge on any atom is 0.270 e. The van der Waals surface area contributed by atoms with Crippen LogP contribution in [0.15, 0.2) is 30.6 Å². The van der Waals surface area contributed by atoms with Gasteiger partial charge in [-0.2, -0.15) is 10.1 Å². The van der Waals surface area contributed by atoms with Crippen LogP contribution < -0.4 is 10.1 Å². The number of aromatic nitrogens is 3. The van der Waals surface area contributed by atoms with Gasteiger partial charge in [0.05, 0.1) is 0 Å². The second-order valence-electron chi connectivity index (χ2n) is 5.99. The molecule has 6 nitrogen and oxygen atoms in total. The van der Waals surface area contributed by atoms with Crippen LogP contribution in [0.4, 0.5) is 5.95 Å². The SMILES string of the molecule is CC(C)(Oc1ccc([C@@H]2CC2(Cl)Cl)cc1)C(=O)Nc1ncn[nH]1. The number of hydrogen-bond acceptors (Lipinski definition) is 4. The predicted molar refractivity (Wildman–Crippen MR) is 88.0 cm³/mol. The number of alkyl halides is 2. The molecule has 1 fully saturated rings. The summed E-state index contributed by atoms with van der Waals surface area (Å²) < 4.78 is 5.13. The number of nitrogens with one attached hydrogen (secondary N) is 2. The van der Waals surface area contributed by atoms with Crippen molar-refractivity contribution in [3.8, 4) is 5.75 Å². The van der Waals surface area contributed by atoms with E-state index in [9.17, 15) is 4.79 Å². The zero-order valence-electron chi connectivity index (χ0n) is 12.6. The normalized spacial score (nSPS) is 19.2. The van der Waals surface area contributed by atoms with E-state index in [1.807, 2.05) is 12.1 Å². The summed E-state index contributed by atoms with van der Waals surface area (Å²) in [5.74, 6) is 0.682. The van der Waals surface area contributed by atoms with Crippen LogP contribution in [0.5, 0.6) is 5.75 Å². The zero-order valence-corrected chi connectivity index (χ0v) is 14.1. The van der Waals surface area contributed by atoms with Gasteiger partial charge in [0, 0.05) is 5.92 Å². The van der Waals surface area contributed by atoms with Crippen LogP contribution in [0, 0.1) is 0 Å². The molecule has 122 valence electrons. The highest BCUT2D eigenvalue weighted by atomic mass is 35.5. The summed E-state index contributed by atoms with van der Waals surface area (Å²) in [6.45, 7) is 3.35. The minimum atomic E-state index is -1.07. The minimum Gasteiger partial charge on any atom is -0.478 e. The number of rotatable bonds is 5. The van der Waals surface area contributed by atoms with Gasteiger partial charge in [-0.3, -0.25) is 10.1 Å². The average molecular weight is 355 g/mol. The second-order valence-corrected chi connectivity index (χ2v) is 7.53. The summed E-state index contributed by atoms with van der Waals surface area (Å²) in [6, 6.07) is 7.44. The second kappa shape index (κ2) is 5.69. The highest BCUT2D eigenvalue weighted by Gasteiger charge is 2.52. The van der Waals surface area contributed by atoms with Crippen molar-refractivity contribution in [2.75, 3.05) is 5.32 Å². The minimum absolute atomic E-state index is 0.155. The number of aromatic amines is 1. The molecule has 8 heteroatoms. The number of ether oxygens (including phenoxy) is 1. The van der Waals surface area contributed by atoms with Crippen molar-refractivity contribution in [3.05, 3.63) is 36.2 Å². The van der Waals surface area contributed by atoms with E-state index < -0.39 is 9.93 Å². The topological polar surface area (TPSA) is 79.9 Å². The van der Waals surface area contributed by atoms with Crippen molar-refractivity contribution in [1.29, 1.82) is 0 Å². The van der Waals surface area contributed by atoms with E-state index in [0.717, 1.165) is 12.0 Å². The molecule has 0 spiro atoms. The van der Waals surface area contributed by atoms with Gasteiger partial charge in [-0.25, -0.2) is 5.10 Å². The molecule has 0 bridgehead atoms. The van der Waals surface area contributed by atoms with Crippen molar-refractivity contribution < 1.29 is 9.53 Å². The standard InChI is InChI=1S/C15H16Cl2N4O2/c1-14(2,12(22)20-13-18-8-19-21-13)23-10-5-3-9(4-6-10)11-7-15(11,16)17/h3-6,8,11H,7H2,1-2H3,(H2,18,19,20,21,22)/t11-/m0/s1. The molecule has 3 rings (SSSR count). The Morgan fingerprint density at radius 3 is 2.57 bits per heavy atom. The first-order valence-electron chi connectivity index (χ1n) is 7.11. The molecule has 23 heavy (non-hydrogen) atoms. The summed E-state index contributed by atoms with van der Waals surface area (Å²) >= 11 is 12.1. The summed E-state index contributed by atoms with van der Waals surface area (Å²) in [7, 11) is 0. The van der Waals surface area contributed by atoms with Crippen molar-refractivity contribution in [1.82, 2.24) is 15.2 Å². The predicted octanol–water partition coefficient (Wildman–Crippen LogP) is 3.26. The third-order valence-corrected chi connectivity index (χ3v) is 4.51. The summed E-state index contributed by atoms with van der Waals surface area (Å²) in [5.41, 5.74) is -0.0114. The number of carbonyl (C=O) groups is 1. The molecule has 1 heterocycles. The van der Waals surface area contributed by atoms with E-state index >= 15 is 0 Å². The molecule has 1 saturated carbocycles. The molecular formula is C15H16Cl2N4O2. The lowest BCUT2D eigenvalue weighted by molar-refractivity contribution is -0.128. The fourth-order valence-corrected chi connectivity index (χ4v) is 2.77. The number of H-pyrrole nitrogens is 1. The monoisotopic (exact) mass is 354 g/mol. The number of anilines is 1. The first-order chi connectivity index (χ1) is 10.8. The fourth-order valence-electron chi connectivity index (χ4n) is 2.21. The largest absolute Gasteiger partial charge is 0.478 e. The van der Waals surface area contributed by atoms with Crippen molar-refractivity contribution in [2.45, 2.75) is 36.1 Å². The molecule has 1 aromatic carbocycles. The molecule has 1 atom stereocenters. The zero-order chi connectivity index (χ0) is 16.7. The van der Waals surface area contributed by atoms with Gasteiger partial charge in [-0.15, -0.1) is 23.2 Å². The Balaban J connectivity index is 1.64. The molecule has 0 radical (unpaired) electrons. The van der Waals surface area contributed by atoms with Crippen LogP contribution in [0.3, 0.4) is 0 Å². The highest BCUT2D eigenvalue weighted by Crippen LogP contribution is 2.59. The number of nitrogens with zero attached hydrogens (tertiary/aromatic N) is 2. The maximum atomic E-state index is 12.2. The van der Waals surface area contributed by atoms with E-state index in [0.29, 0.717) is 5.75 Å². The lowest BCUT2D eigenvalue weighted by Gasteiger charge is -2.24. The van der Waals surface area contributed by atoms with Gasteiger partial charge in [-0.05, 0) is 38.0 Å². The Bertz CT molecular complexity index is 699. The average Bonchev–Trinajstić information content (AvgIpc) is 2.87. The van der Waals surface area contributed by atoms with Crippen LogP contribution in [0.2, 0.25) is 0 Å². The van der Waals surface area contributed by atoms with E-state index in [4.69, 9.17) is 27.9 Å². The van der Waals surface area contributed by atoms with E-state index in [2.05, 4.69) is 20.5 Å². The maximum absolute atomic E-state index is 12.2. The van der Waals surface area contributed by atoms with E-state index in [-0.39, 0.29) is 17.8 Å². The Hall–Kier alpha value is -1.79. The lowest BCUT2D eigenvalue weighted by atomic mass is 10.1. The number of amides is 1. The molecule has 1 aromatic heterocycles. The first kappa shape index (κ1) is 16.1. The van der Waals surface area contributed by atoms with Crippen LogP contribution in [-0.2, 0) is 4.79 Å². The third kappa shape index (κ3) is 3.59. The third-order valence-electron chi connectivity index (χ3n) is 3.68. The van der Waals surface area contributed by atoms with E-state index in [1.54, 1.807) is 26.0 Å². The summed E-state index contributed by atoms with van der Waals surface area (Å²) in [5, 5.41) is 8.84. The quantitative estimate of drug-likeness (QED) is 0.807. The van der Waals surface area contributed by atoms with Gasteiger partial charge in [0.2, 0.25) is 5.95 Å². The van der Waals surface area contributed by atoms with Crippen molar-refractivity contribution in [3.63, 3.8) is 0 Å². The molecule has 2 N–H and O–H groups in total. The Kier molecular flexibility index (Phi) is 3.98. The molecule has 0 aliphatic heterocycles. The van der Waals surface area contributed by atoms with Crippen molar-refractivity contribution >= 4 is 35.1 Å². The Labute approximate surface area is 143 Å². The van der Waals surface area contributed by atoms with Crippen LogP contribution in [0.25, 0.3) is 0 Å². The van der Waals surface area contributed by atoms with Gasteiger partial charge < -0.3 is 4.74 Å². The van der Waals surface area contributed by atoms with Gasteiger partial charge in [0.15, 0.2) is 5.60 Å². The van der Waals surface area contributed by atoms with Gasteiger partial charge >= 0.3 is 0 Å². The number of hydrogen-bond donors (Lipinski definition) is 2. The van der Waals surface area contributed by atoms with Crippen LogP contribution in [0.1, 0.15) is 31.7 Å². The molecule has 1 aliphatic carbocycles. The van der Waals surface area contributed by atoms with Gasteiger partial charge in [0.1, 0.15) is 16.4 Å². The Morgan fingerprint density at radius 2 is 2.04 bits per heavy atom. The van der Waals surface area contributed by atoms with Gasteiger partial charge in [0.25, 0.3) is 5.91 Å². The lowest BCUT2D eigenvalue weighted by Crippen LogP contribution is -2.42. The first-order valence-corrected chi connectivity index (χ1v) is 7.87. The Morgan fingerprint density at radius 1 is 1.39 bits per heavy atom. The van der Waals surface area contributed by atoms with Gasteiger partial charge in [-0.1, -0.05) is 12.1 Å². The summed E-state index contributed by atoms with van der Waals surface area (Å²) in [4.78, 5) is 16.1. The fraction of sp³-hybridized carbons (Fsp3) is 0.400. The van der Waals surface area contributed by atoms with Crippen LogP contribution >= 0.6 is 23.2 Å².